The third-order valence-corrected chi connectivity index (χ3v) is 4.68. The number of carbonyl (C=O) groups excluding carboxylic acids is 1. The average molecular weight is 314 g/mol. The normalized spacial score (nSPS) is 22.8. The molecule has 0 saturated carbocycles. The van der Waals surface area contributed by atoms with Crippen molar-refractivity contribution in [3.63, 3.8) is 0 Å². The molecule has 1 amide bonds. The van der Waals surface area contributed by atoms with E-state index in [1.165, 1.54) is 5.56 Å². The number of nitrogens with zero attached hydrogens (tertiary/aromatic N) is 2. The predicted molar refractivity (Wildman–Crippen MR) is 92.2 cm³/mol. The molecule has 3 rings (SSSR count). The molecule has 2 fully saturated rings. The fourth-order valence-electron chi connectivity index (χ4n) is 3.38. The van der Waals surface area contributed by atoms with Gasteiger partial charge in [0.25, 0.3) is 0 Å². The Morgan fingerprint density at radius 2 is 2.13 bits per heavy atom. The van der Waals surface area contributed by atoms with Crippen LogP contribution in [0.25, 0.3) is 6.08 Å². The number of hydrogen-bond acceptors (Lipinski definition) is 3. The summed E-state index contributed by atoms with van der Waals surface area (Å²) in [5.41, 5.74) is 2.30. The van der Waals surface area contributed by atoms with Gasteiger partial charge in [0.1, 0.15) is 0 Å². The van der Waals surface area contributed by atoms with Crippen molar-refractivity contribution >= 4 is 12.0 Å². The summed E-state index contributed by atoms with van der Waals surface area (Å²) in [5.74, 6) is 0.736. The Kier molecular flexibility index (Phi) is 5.47. The Morgan fingerprint density at radius 3 is 2.91 bits per heavy atom. The Hall–Kier alpha value is -1.65. The number of aryl methyl sites for hydroxylation is 1. The highest BCUT2D eigenvalue weighted by molar-refractivity contribution is 5.92. The van der Waals surface area contributed by atoms with Crippen molar-refractivity contribution in [3.05, 3.63) is 41.5 Å². The van der Waals surface area contributed by atoms with Crippen LogP contribution in [0.15, 0.2) is 30.3 Å². The molecule has 0 aromatic heterocycles. The molecule has 1 aromatic rings. The van der Waals surface area contributed by atoms with E-state index in [1.807, 2.05) is 23.1 Å². The highest BCUT2D eigenvalue weighted by Crippen LogP contribution is 2.19. The molecule has 1 unspecified atom stereocenters. The number of hydrogen-bond donors (Lipinski definition) is 0. The number of ether oxygens (including phenoxy) is 1. The van der Waals surface area contributed by atoms with Crippen LogP contribution in [0.3, 0.4) is 0 Å². The number of rotatable bonds is 4. The van der Waals surface area contributed by atoms with Crippen LogP contribution in [0.2, 0.25) is 0 Å². The van der Waals surface area contributed by atoms with Gasteiger partial charge in [-0.2, -0.15) is 0 Å². The molecule has 23 heavy (non-hydrogen) atoms. The van der Waals surface area contributed by atoms with E-state index in [0.29, 0.717) is 5.92 Å². The Morgan fingerprint density at radius 1 is 1.30 bits per heavy atom. The summed E-state index contributed by atoms with van der Waals surface area (Å²) >= 11 is 0. The maximum atomic E-state index is 12.3. The zero-order valence-electron chi connectivity index (χ0n) is 13.9. The van der Waals surface area contributed by atoms with E-state index in [-0.39, 0.29) is 5.91 Å². The summed E-state index contributed by atoms with van der Waals surface area (Å²) in [6.45, 7) is 8.66. The van der Waals surface area contributed by atoms with E-state index in [9.17, 15) is 4.79 Å². The van der Waals surface area contributed by atoms with Gasteiger partial charge in [-0.1, -0.05) is 29.8 Å². The SMILES string of the molecule is Cc1cccc(C=CC(=O)N2CCC(CN3CCOCC3)C2)c1. The molecule has 124 valence electrons. The maximum Gasteiger partial charge on any atom is 0.246 e. The van der Waals surface area contributed by atoms with Crippen LogP contribution < -0.4 is 0 Å². The van der Waals surface area contributed by atoms with Crippen molar-refractivity contribution < 1.29 is 9.53 Å². The van der Waals surface area contributed by atoms with Gasteiger partial charge in [0, 0.05) is 38.8 Å². The molecular weight excluding hydrogens is 288 g/mol. The first-order valence-electron chi connectivity index (χ1n) is 8.54. The summed E-state index contributed by atoms with van der Waals surface area (Å²) in [5, 5.41) is 0. The predicted octanol–water partition coefficient (Wildman–Crippen LogP) is 2.19. The van der Waals surface area contributed by atoms with Crippen LogP contribution in [0.4, 0.5) is 0 Å². The molecule has 2 heterocycles. The van der Waals surface area contributed by atoms with Crippen molar-refractivity contribution in [1.82, 2.24) is 9.80 Å². The minimum atomic E-state index is 0.135. The highest BCUT2D eigenvalue weighted by atomic mass is 16.5. The van der Waals surface area contributed by atoms with Gasteiger partial charge >= 0.3 is 0 Å². The molecule has 0 spiro atoms. The Labute approximate surface area is 138 Å². The average Bonchev–Trinajstić information content (AvgIpc) is 3.02. The van der Waals surface area contributed by atoms with Crippen molar-refractivity contribution in [1.29, 1.82) is 0 Å². The Bertz CT molecular complexity index is 564. The molecule has 1 atom stereocenters. The van der Waals surface area contributed by atoms with Crippen LogP contribution >= 0.6 is 0 Å². The molecule has 2 aliphatic heterocycles. The molecule has 0 aliphatic carbocycles. The van der Waals surface area contributed by atoms with Gasteiger partial charge in [-0.15, -0.1) is 0 Å². The van der Waals surface area contributed by atoms with Crippen LogP contribution in [-0.2, 0) is 9.53 Å². The fourth-order valence-corrected chi connectivity index (χ4v) is 3.38. The number of carbonyl (C=O) groups is 1. The second-order valence-corrected chi connectivity index (χ2v) is 6.60. The van der Waals surface area contributed by atoms with Crippen molar-refractivity contribution in [2.45, 2.75) is 13.3 Å². The van der Waals surface area contributed by atoms with Gasteiger partial charge in [-0.05, 0) is 30.9 Å². The van der Waals surface area contributed by atoms with Crippen molar-refractivity contribution in [2.24, 2.45) is 5.92 Å². The van der Waals surface area contributed by atoms with Gasteiger partial charge in [0.2, 0.25) is 5.91 Å². The molecule has 4 heteroatoms. The lowest BCUT2D eigenvalue weighted by molar-refractivity contribution is -0.125. The zero-order chi connectivity index (χ0) is 16.1. The van der Waals surface area contributed by atoms with Crippen LogP contribution in [0.5, 0.6) is 0 Å². The lowest BCUT2D eigenvalue weighted by Crippen LogP contribution is -2.40. The maximum absolute atomic E-state index is 12.3. The van der Waals surface area contributed by atoms with Crippen molar-refractivity contribution in [3.8, 4) is 0 Å². The van der Waals surface area contributed by atoms with Crippen molar-refractivity contribution in [2.75, 3.05) is 45.9 Å². The van der Waals surface area contributed by atoms with E-state index in [4.69, 9.17) is 4.74 Å². The molecule has 0 bridgehead atoms. The van der Waals surface area contributed by atoms with E-state index < -0.39 is 0 Å². The molecule has 2 saturated heterocycles. The Balaban J connectivity index is 1.49. The number of likely N-dealkylation sites (tertiary alicyclic amines) is 1. The van der Waals surface area contributed by atoms with Gasteiger partial charge in [-0.25, -0.2) is 0 Å². The van der Waals surface area contributed by atoms with Crippen LogP contribution in [-0.4, -0.2) is 61.6 Å². The lowest BCUT2D eigenvalue weighted by Gasteiger charge is -2.28. The van der Waals surface area contributed by atoms with Gasteiger partial charge in [-0.3, -0.25) is 9.69 Å². The van der Waals surface area contributed by atoms with E-state index in [0.717, 1.165) is 57.9 Å². The molecule has 0 radical (unpaired) electrons. The van der Waals surface area contributed by atoms with E-state index in [1.54, 1.807) is 6.08 Å². The fraction of sp³-hybridized carbons (Fsp3) is 0.526. The third kappa shape index (κ3) is 4.66. The minimum absolute atomic E-state index is 0.135. The van der Waals surface area contributed by atoms with Gasteiger partial charge < -0.3 is 9.64 Å². The standard InChI is InChI=1S/C19H26N2O2/c1-16-3-2-4-17(13-16)5-6-19(22)21-8-7-18(15-21)14-20-9-11-23-12-10-20/h2-6,13,18H,7-12,14-15H2,1H3. The lowest BCUT2D eigenvalue weighted by atomic mass is 10.1. The monoisotopic (exact) mass is 314 g/mol. The first-order chi connectivity index (χ1) is 11.2. The summed E-state index contributed by atoms with van der Waals surface area (Å²) in [6, 6.07) is 8.21. The molecule has 0 N–H and O–H groups in total. The molecule has 4 nitrogen and oxygen atoms in total. The second kappa shape index (κ2) is 7.75. The summed E-state index contributed by atoms with van der Waals surface area (Å²) < 4.78 is 5.39. The molecular formula is C19H26N2O2. The number of benzene rings is 1. The van der Waals surface area contributed by atoms with E-state index >= 15 is 0 Å². The summed E-state index contributed by atoms with van der Waals surface area (Å²) in [7, 11) is 0. The summed E-state index contributed by atoms with van der Waals surface area (Å²) in [4.78, 5) is 16.8. The first kappa shape index (κ1) is 16.2. The largest absolute Gasteiger partial charge is 0.379 e. The molecule has 1 aromatic carbocycles. The number of amides is 1. The smallest absolute Gasteiger partial charge is 0.246 e. The number of morpholine rings is 1. The third-order valence-electron chi connectivity index (χ3n) is 4.68. The van der Waals surface area contributed by atoms with Gasteiger partial charge in [0.15, 0.2) is 0 Å². The quantitative estimate of drug-likeness (QED) is 0.799. The zero-order valence-corrected chi connectivity index (χ0v) is 13.9. The van der Waals surface area contributed by atoms with Gasteiger partial charge in [0.05, 0.1) is 13.2 Å². The second-order valence-electron chi connectivity index (χ2n) is 6.60. The minimum Gasteiger partial charge on any atom is -0.379 e. The molecule has 2 aliphatic rings. The summed E-state index contributed by atoms with van der Waals surface area (Å²) in [6.07, 6.45) is 4.75. The van der Waals surface area contributed by atoms with Crippen LogP contribution in [0, 0.1) is 12.8 Å². The van der Waals surface area contributed by atoms with Crippen LogP contribution in [0.1, 0.15) is 17.5 Å². The topological polar surface area (TPSA) is 32.8 Å². The van der Waals surface area contributed by atoms with E-state index in [2.05, 4.69) is 24.0 Å². The first-order valence-corrected chi connectivity index (χ1v) is 8.54. The highest BCUT2D eigenvalue weighted by Gasteiger charge is 2.27.